The predicted molar refractivity (Wildman–Crippen MR) is 113 cm³/mol. The van der Waals surface area contributed by atoms with E-state index in [1.807, 2.05) is 18.3 Å². The number of aromatic nitrogens is 3. The molecule has 0 bridgehead atoms. The van der Waals surface area contributed by atoms with Crippen LogP contribution in [-0.2, 0) is 5.54 Å². The number of halogens is 2. The third-order valence-electron chi connectivity index (χ3n) is 6.57. The molecule has 1 fully saturated rings. The van der Waals surface area contributed by atoms with Gasteiger partial charge in [0.25, 0.3) is 0 Å². The number of pyridine rings is 1. The molecule has 7 heteroatoms. The van der Waals surface area contributed by atoms with E-state index in [0.717, 1.165) is 35.2 Å². The lowest BCUT2D eigenvalue weighted by Crippen LogP contribution is -2.45. The summed E-state index contributed by atoms with van der Waals surface area (Å²) in [5.41, 5.74) is 1.63. The molecule has 2 aliphatic rings. The number of nitrogens with one attached hydrogen (secondary N) is 1. The van der Waals surface area contributed by atoms with Gasteiger partial charge in [-0.05, 0) is 49.9 Å². The summed E-state index contributed by atoms with van der Waals surface area (Å²) in [6, 6.07) is 7.09. The fraction of sp³-hybridized carbons (Fsp3) is 0.375. The molecule has 5 rings (SSSR count). The lowest BCUT2D eigenvalue weighted by Gasteiger charge is -2.44. The molecule has 0 atom stereocenters. The highest BCUT2D eigenvalue weighted by molar-refractivity contribution is 5.98. The fourth-order valence-electron chi connectivity index (χ4n) is 4.99. The maximum Gasteiger partial charge on any atom is 0.168 e. The Morgan fingerprint density at radius 2 is 1.97 bits per heavy atom. The van der Waals surface area contributed by atoms with Crippen molar-refractivity contribution in [1.82, 2.24) is 14.5 Å². The van der Waals surface area contributed by atoms with Crippen LogP contribution in [0.3, 0.4) is 0 Å². The summed E-state index contributed by atoms with van der Waals surface area (Å²) in [5, 5.41) is 3.68. The summed E-state index contributed by atoms with van der Waals surface area (Å²) in [7, 11) is 0. The van der Waals surface area contributed by atoms with Crippen molar-refractivity contribution in [3.63, 3.8) is 0 Å². The van der Waals surface area contributed by atoms with Gasteiger partial charge in [0.15, 0.2) is 11.6 Å². The molecule has 1 saturated carbocycles. The Morgan fingerprint density at radius 3 is 2.68 bits per heavy atom. The average molecular weight is 422 g/mol. The average Bonchev–Trinajstić information content (AvgIpc) is 3.21. The van der Waals surface area contributed by atoms with Gasteiger partial charge < -0.3 is 5.32 Å². The van der Waals surface area contributed by atoms with Gasteiger partial charge >= 0.3 is 0 Å². The predicted octanol–water partition coefficient (Wildman–Crippen LogP) is 5.36. The zero-order valence-corrected chi connectivity index (χ0v) is 17.5. The second kappa shape index (κ2) is 7.25. The summed E-state index contributed by atoms with van der Waals surface area (Å²) in [4.78, 5) is 22.2. The van der Waals surface area contributed by atoms with Gasteiger partial charge in [-0.1, -0.05) is 13.8 Å². The lowest BCUT2D eigenvalue weighted by molar-refractivity contribution is 0.0860. The number of hydrogen-bond donors (Lipinski definition) is 1. The van der Waals surface area contributed by atoms with Crippen LogP contribution in [0.25, 0.3) is 5.82 Å². The smallest absolute Gasteiger partial charge is 0.168 e. The van der Waals surface area contributed by atoms with Gasteiger partial charge in [0, 0.05) is 24.1 Å². The third kappa shape index (κ3) is 3.14. The van der Waals surface area contributed by atoms with Crippen LogP contribution in [-0.4, -0.2) is 20.3 Å². The highest BCUT2D eigenvalue weighted by Crippen LogP contribution is 2.47. The van der Waals surface area contributed by atoms with Gasteiger partial charge in [-0.2, -0.15) is 0 Å². The first-order valence-electron chi connectivity index (χ1n) is 10.7. The van der Waals surface area contributed by atoms with Crippen molar-refractivity contribution in [3.05, 3.63) is 71.4 Å². The van der Waals surface area contributed by atoms with Crippen LogP contribution in [0.5, 0.6) is 0 Å². The Hall–Kier alpha value is -3.09. The van der Waals surface area contributed by atoms with Crippen LogP contribution in [0.15, 0.2) is 42.7 Å². The largest absolute Gasteiger partial charge is 0.371 e. The minimum absolute atomic E-state index is 0.0272. The van der Waals surface area contributed by atoms with E-state index >= 15 is 0 Å². The standard InChI is InChI=1S/C24H24F2N4O/c1-14(2)22-28-13-20-24(29-19-4-3-11-27-23(19)30(20)22)9-7-15(8-10-24)21(31)17-6-5-16(25)12-18(17)26/h3-6,11-15,29H,7-10H2,1-2H3. The number of anilines is 1. The van der Waals surface area contributed by atoms with Crippen LogP contribution in [0.2, 0.25) is 0 Å². The number of Topliss-reactive ketones (excluding diaryl/α,β-unsaturated/α-hetero) is 1. The number of fused-ring (bicyclic) bond motifs is 4. The first-order valence-corrected chi connectivity index (χ1v) is 10.7. The van der Waals surface area contributed by atoms with E-state index in [9.17, 15) is 13.6 Å². The van der Waals surface area contributed by atoms with Crippen molar-refractivity contribution in [2.24, 2.45) is 5.92 Å². The highest BCUT2D eigenvalue weighted by Gasteiger charge is 2.45. The highest BCUT2D eigenvalue weighted by atomic mass is 19.1. The van der Waals surface area contributed by atoms with E-state index in [1.165, 1.54) is 6.07 Å². The molecule has 160 valence electrons. The molecular weight excluding hydrogens is 398 g/mol. The molecule has 1 spiro atoms. The van der Waals surface area contributed by atoms with Crippen molar-refractivity contribution in [3.8, 4) is 5.82 Å². The van der Waals surface area contributed by atoms with Crippen molar-refractivity contribution in [1.29, 1.82) is 0 Å². The Labute approximate surface area is 179 Å². The summed E-state index contributed by atoms with van der Waals surface area (Å²) >= 11 is 0. The lowest BCUT2D eigenvalue weighted by atomic mass is 9.72. The maximum atomic E-state index is 14.2. The number of benzene rings is 1. The third-order valence-corrected chi connectivity index (χ3v) is 6.57. The Morgan fingerprint density at radius 1 is 1.19 bits per heavy atom. The zero-order valence-electron chi connectivity index (χ0n) is 17.5. The molecule has 1 aliphatic carbocycles. The van der Waals surface area contributed by atoms with E-state index in [2.05, 4.69) is 28.7 Å². The molecule has 3 aromatic rings. The van der Waals surface area contributed by atoms with Crippen LogP contribution in [0, 0.1) is 17.6 Å². The molecule has 5 nitrogen and oxygen atoms in total. The maximum absolute atomic E-state index is 14.2. The summed E-state index contributed by atoms with van der Waals surface area (Å²) in [6.45, 7) is 4.22. The number of imidazole rings is 1. The van der Waals surface area contributed by atoms with E-state index in [1.54, 1.807) is 6.20 Å². The van der Waals surface area contributed by atoms with Crippen LogP contribution in [0.4, 0.5) is 14.5 Å². The summed E-state index contributed by atoms with van der Waals surface area (Å²) < 4.78 is 29.5. The van der Waals surface area contributed by atoms with Gasteiger partial charge in [-0.25, -0.2) is 18.7 Å². The molecule has 0 amide bonds. The summed E-state index contributed by atoms with van der Waals surface area (Å²) in [5.74, 6) is 0.0342. The molecule has 0 radical (unpaired) electrons. The number of carbonyl (C=O) groups is 1. The van der Waals surface area contributed by atoms with Gasteiger partial charge in [0.2, 0.25) is 0 Å². The molecule has 1 aromatic carbocycles. The quantitative estimate of drug-likeness (QED) is 0.577. The van der Waals surface area contributed by atoms with Gasteiger partial charge in [0.1, 0.15) is 17.5 Å². The number of hydrogen-bond acceptors (Lipinski definition) is 4. The SMILES string of the molecule is CC(C)c1ncc2n1-c1ncccc1NC21CCC(C(=O)c2ccc(F)cc2F)CC1. The molecule has 1 N–H and O–H groups in total. The van der Waals surface area contributed by atoms with Gasteiger partial charge in [-0.3, -0.25) is 9.36 Å². The van der Waals surface area contributed by atoms with E-state index in [-0.39, 0.29) is 28.7 Å². The Balaban J connectivity index is 1.46. The first kappa shape index (κ1) is 19.8. The second-order valence-corrected chi connectivity index (χ2v) is 8.84. The fourth-order valence-corrected chi connectivity index (χ4v) is 4.99. The monoisotopic (exact) mass is 422 g/mol. The minimum Gasteiger partial charge on any atom is -0.371 e. The zero-order chi connectivity index (χ0) is 21.8. The van der Waals surface area contributed by atoms with E-state index in [0.29, 0.717) is 25.7 Å². The number of carbonyl (C=O) groups excluding carboxylic acids is 1. The minimum atomic E-state index is -0.791. The van der Waals surface area contributed by atoms with Crippen LogP contribution < -0.4 is 5.32 Å². The van der Waals surface area contributed by atoms with Gasteiger partial charge in [0.05, 0.1) is 28.7 Å². The molecule has 2 aromatic heterocycles. The normalized spacial score (nSPS) is 22.2. The molecular formula is C24H24F2N4O. The number of rotatable bonds is 3. The number of nitrogens with zero attached hydrogens (tertiary/aromatic N) is 3. The molecule has 0 unspecified atom stereocenters. The molecule has 31 heavy (non-hydrogen) atoms. The molecule has 0 saturated heterocycles. The Bertz CT molecular complexity index is 1160. The van der Waals surface area contributed by atoms with Crippen LogP contribution >= 0.6 is 0 Å². The molecule has 1 aliphatic heterocycles. The number of ketones is 1. The summed E-state index contributed by atoms with van der Waals surface area (Å²) in [6.07, 6.45) is 6.34. The van der Waals surface area contributed by atoms with Crippen molar-refractivity contribution in [2.75, 3.05) is 5.32 Å². The van der Waals surface area contributed by atoms with Crippen molar-refractivity contribution >= 4 is 11.5 Å². The van der Waals surface area contributed by atoms with Gasteiger partial charge in [-0.15, -0.1) is 0 Å². The second-order valence-electron chi connectivity index (χ2n) is 8.84. The first-order chi connectivity index (χ1) is 14.9. The van der Waals surface area contributed by atoms with Crippen LogP contribution in [0.1, 0.15) is 67.3 Å². The van der Waals surface area contributed by atoms with Crippen molar-refractivity contribution < 1.29 is 13.6 Å². The Kier molecular flexibility index (Phi) is 4.64. The van der Waals surface area contributed by atoms with E-state index in [4.69, 9.17) is 4.98 Å². The van der Waals surface area contributed by atoms with Crippen molar-refractivity contribution in [2.45, 2.75) is 51.0 Å². The molecule has 3 heterocycles. The van der Waals surface area contributed by atoms with E-state index < -0.39 is 11.6 Å². The topological polar surface area (TPSA) is 59.8 Å².